The number of sulfonamides is 1. The summed E-state index contributed by atoms with van der Waals surface area (Å²) in [5, 5.41) is 9.53. The summed E-state index contributed by atoms with van der Waals surface area (Å²) in [5.41, 5.74) is 1.33. The number of piperazine rings is 1. The predicted octanol–water partition coefficient (Wildman–Crippen LogP) is 3.37. The molecular weight excluding hydrogens is 424 g/mol. The molecule has 0 saturated carbocycles. The molecule has 1 saturated heterocycles. The molecule has 1 aromatic heterocycles. The van der Waals surface area contributed by atoms with Crippen molar-refractivity contribution >= 4 is 21.6 Å². The monoisotopic (exact) mass is 442 g/mol. The molecule has 2 aromatic carbocycles. The van der Waals surface area contributed by atoms with E-state index in [2.05, 4.69) is 9.88 Å². The fourth-order valence-electron chi connectivity index (χ4n) is 3.30. The third-order valence-corrected chi connectivity index (χ3v) is 7.16. The van der Waals surface area contributed by atoms with Gasteiger partial charge in [0.1, 0.15) is 0 Å². The highest BCUT2D eigenvalue weighted by Gasteiger charge is 2.29. The first-order valence-electron chi connectivity index (χ1n) is 9.39. The lowest BCUT2D eigenvalue weighted by molar-refractivity contribution is 0.168. The Morgan fingerprint density at radius 2 is 1.70 bits per heavy atom. The summed E-state index contributed by atoms with van der Waals surface area (Å²) in [6.45, 7) is 2.43. The van der Waals surface area contributed by atoms with Gasteiger partial charge in [-0.15, -0.1) is 0 Å². The van der Waals surface area contributed by atoms with Crippen molar-refractivity contribution in [2.45, 2.75) is 11.4 Å². The summed E-state index contributed by atoms with van der Waals surface area (Å²) < 4.78 is 33.0. The van der Waals surface area contributed by atoms with Crippen LogP contribution in [0, 0.1) is 11.3 Å². The van der Waals surface area contributed by atoms with Crippen LogP contribution in [0.25, 0.3) is 11.3 Å². The van der Waals surface area contributed by atoms with Gasteiger partial charge in [-0.1, -0.05) is 11.6 Å². The molecule has 0 amide bonds. The fourth-order valence-corrected chi connectivity index (χ4v) is 4.85. The minimum Gasteiger partial charge on any atom is -0.439 e. The number of aromatic nitrogens is 1. The molecule has 9 heteroatoms. The number of rotatable bonds is 5. The Kier molecular flexibility index (Phi) is 5.88. The second-order valence-corrected chi connectivity index (χ2v) is 9.32. The van der Waals surface area contributed by atoms with Crippen molar-refractivity contribution in [2.24, 2.45) is 0 Å². The average Bonchev–Trinajstić information content (AvgIpc) is 3.23. The van der Waals surface area contributed by atoms with E-state index in [1.54, 1.807) is 18.3 Å². The Bertz CT molecular complexity index is 1160. The molecule has 0 spiro atoms. The molecule has 0 aliphatic carbocycles. The second kappa shape index (κ2) is 8.58. The van der Waals surface area contributed by atoms with Gasteiger partial charge in [-0.05, 0) is 48.5 Å². The van der Waals surface area contributed by atoms with Crippen molar-refractivity contribution in [3.05, 3.63) is 71.2 Å². The van der Waals surface area contributed by atoms with E-state index < -0.39 is 10.0 Å². The van der Waals surface area contributed by atoms with Crippen molar-refractivity contribution in [3.63, 3.8) is 0 Å². The van der Waals surface area contributed by atoms with E-state index >= 15 is 0 Å². The largest absolute Gasteiger partial charge is 0.439 e. The third-order valence-electron chi connectivity index (χ3n) is 4.99. The van der Waals surface area contributed by atoms with Crippen LogP contribution in [0.2, 0.25) is 5.02 Å². The van der Waals surface area contributed by atoms with Crippen LogP contribution in [0.5, 0.6) is 0 Å². The van der Waals surface area contributed by atoms with Gasteiger partial charge in [0.2, 0.25) is 15.9 Å². The molecule has 1 aliphatic heterocycles. The van der Waals surface area contributed by atoms with Gasteiger partial charge in [0.25, 0.3) is 0 Å². The van der Waals surface area contributed by atoms with Crippen molar-refractivity contribution in [1.29, 1.82) is 5.26 Å². The van der Waals surface area contributed by atoms with Crippen LogP contribution in [0.1, 0.15) is 11.5 Å². The fraction of sp³-hybridized carbons (Fsp3) is 0.238. The number of halogens is 1. The molecule has 2 heterocycles. The zero-order valence-corrected chi connectivity index (χ0v) is 17.6. The van der Waals surface area contributed by atoms with Gasteiger partial charge in [0.05, 0.1) is 29.3 Å². The summed E-state index contributed by atoms with van der Waals surface area (Å²) in [4.78, 5) is 6.66. The molecule has 0 radical (unpaired) electrons. The third kappa shape index (κ3) is 4.40. The van der Waals surface area contributed by atoms with Crippen LogP contribution in [0.3, 0.4) is 0 Å². The maximum absolute atomic E-state index is 12.8. The van der Waals surface area contributed by atoms with Crippen LogP contribution in [0.15, 0.2) is 64.0 Å². The van der Waals surface area contributed by atoms with E-state index in [-0.39, 0.29) is 4.90 Å². The summed E-state index contributed by atoms with van der Waals surface area (Å²) in [7, 11) is -3.57. The molecule has 4 rings (SSSR count). The Balaban J connectivity index is 1.37. The van der Waals surface area contributed by atoms with Crippen LogP contribution in [-0.4, -0.2) is 48.8 Å². The van der Waals surface area contributed by atoms with Crippen molar-refractivity contribution < 1.29 is 12.8 Å². The molecule has 3 aromatic rings. The molecule has 7 nitrogen and oxygen atoms in total. The molecule has 0 atom stereocenters. The molecule has 0 N–H and O–H groups in total. The van der Waals surface area contributed by atoms with Crippen LogP contribution in [-0.2, 0) is 16.6 Å². The predicted molar refractivity (Wildman–Crippen MR) is 112 cm³/mol. The summed E-state index contributed by atoms with van der Waals surface area (Å²) in [5.74, 6) is 1.26. The van der Waals surface area contributed by atoms with Crippen molar-refractivity contribution in [3.8, 4) is 17.4 Å². The summed E-state index contributed by atoms with van der Waals surface area (Å²) >= 11 is 5.92. The summed E-state index contributed by atoms with van der Waals surface area (Å²) in [6, 6.07) is 15.3. The minimum atomic E-state index is -3.57. The molecule has 1 fully saturated rings. The van der Waals surface area contributed by atoms with E-state index in [9.17, 15) is 8.42 Å². The normalized spacial score (nSPS) is 15.7. The molecule has 154 valence electrons. The summed E-state index contributed by atoms with van der Waals surface area (Å²) in [6.07, 6.45) is 1.68. The van der Waals surface area contributed by atoms with Crippen molar-refractivity contribution in [1.82, 2.24) is 14.2 Å². The standard InChI is InChI=1S/C21H19ClN4O3S/c22-18-5-3-17(4-6-18)20-14-24-21(29-20)15-25-9-11-26(12-10-25)30(27,28)19-7-1-16(13-23)2-8-19/h1-8,14H,9-12,15H2. The minimum absolute atomic E-state index is 0.204. The molecule has 30 heavy (non-hydrogen) atoms. The highest BCUT2D eigenvalue weighted by atomic mass is 35.5. The highest BCUT2D eigenvalue weighted by Crippen LogP contribution is 2.23. The molecule has 0 bridgehead atoms. The van der Waals surface area contributed by atoms with Gasteiger partial charge in [-0.25, -0.2) is 13.4 Å². The maximum Gasteiger partial charge on any atom is 0.243 e. The Morgan fingerprint density at radius 1 is 1.03 bits per heavy atom. The number of benzene rings is 2. The van der Waals surface area contributed by atoms with E-state index in [0.717, 1.165) is 5.56 Å². The zero-order chi connectivity index (χ0) is 21.1. The van der Waals surface area contributed by atoms with E-state index in [1.165, 1.54) is 28.6 Å². The number of nitrogens with zero attached hydrogens (tertiary/aromatic N) is 4. The van der Waals surface area contributed by atoms with Crippen LogP contribution < -0.4 is 0 Å². The van der Waals surface area contributed by atoms with Gasteiger partial charge in [0, 0.05) is 36.8 Å². The number of oxazole rings is 1. The number of hydrogen-bond donors (Lipinski definition) is 0. The number of nitriles is 1. The Labute approximate surface area is 180 Å². The SMILES string of the molecule is N#Cc1ccc(S(=O)(=O)N2CCN(Cc3ncc(-c4ccc(Cl)cc4)o3)CC2)cc1. The smallest absolute Gasteiger partial charge is 0.243 e. The first kappa shape index (κ1) is 20.6. The lowest BCUT2D eigenvalue weighted by Gasteiger charge is -2.33. The molecular formula is C21H19ClN4O3S. The first-order chi connectivity index (χ1) is 14.5. The lowest BCUT2D eigenvalue weighted by Crippen LogP contribution is -2.48. The maximum atomic E-state index is 12.8. The van der Waals surface area contributed by atoms with Crippen molar-refractivity contribution in [2.75, 3.05) is 26.2 Å². The Hall–Kier alpha value is -2.70. The van der Waals surface area contributed by atoms with Gasteiger partial charge in [0.15, 0.2) is 5.76 Å². The van der Waals surface area contributed by atoms with Gasteiger partial charge in [-0.2, -0.15) is 9.57 Å². The molecule has 1 aliphatic rings. The van der Waals surface area contributed by atoms with E-state index in [4.69, 9.17) is 21.3 Å². The van der Waals surface area contributed by atoms with Gasteiger partial charge >= 0.3 is 0 Å². The van der Waals surface area contributed by atoms with Gasteiger partial charge < -0.3 is 4.42 Å². The van der Waals surface area contributed by atoms with Crippen LogP contribution in [0.4, 0.5) is 0 Å². The first-order valence-corrected chi connectivity index (χ1v) is 11.2. The highest BCUT2D eigenvalue weighted by molar-refractivity contribution is 7.89. The number of hydrogen-bond acceptors (Lipinski definition) is 6. The van der Waals surface area contributed by atoms with Gasteiger partial charge in [-0.3, -0.25) is 4.90 Å². The van der Waals surface area contributed by atoms with E-state index in [1.807, 2.05) is 18.2 Å². The zero-order valence-electron chi connectivity index (χ0n) is 16.0. The Morgan fingerprint density at radius 3 is 2.33 bits per heavy atom. The quantitative estimate of drug-likeness (QED) is 0.601. The average molecular weight is 443 g/mol. The van der Waals surface area contributed by atoms with E-state index in [0.29, 0.717) is 55.0 Å². The topological polar surface area (TPSA) is 90.4 Å². The lowest BCUT2D eigenvalue weighted by atomic mass is 10.2. The molecule has 0 unspecified atom stereocenters. The van der Waals surface area contributed by atoms with Crippen LogP contribution >= 0.6 is 11.6 Å². The second-order valence-electron chi connectivity index (χ2n) is 6.94.